The zero-order chi connectivity index (χ0) is 15.8. The Morgan fingerprint density at radius 1 is 1.29 bits per heavy atom. The Kier molecular flexibility index (Phi) is 6.91. The second-order valence-electron chi connectivity index (χ2n) is 4.96. The van der Waals surface area contributed by atoms with Crippen LogP contribution in [0.2, 0.25) is 0 Å². The number of unbranched alkanes of at least 4 members (excludes halogenated alkanes) is 2. The van der Waals surface area contributed by atoms with Crippen LogP contribution < -0.4 is 0 Å². The number of aliphatic hydroxyl groups is 2. The van der Waals surface area contributed by atoms with Gasteiger partial charge in [-0.2, -0.15) is 0 Å². The van der Waals surface area contributed by atoms with Gasteiger partial charge < -0.3 is 20.4 Å². The summed E-state index contributed by atoms with van der Waals surface area (Å²) in [6.07, 6.45) is 4.14. The van der Waals surface area contributed by atoms with Gasteiger partial charge in [0.1, 0.15) is 11.3 Å². The predicted molar refractivity (Wildman–Crippen MR) is 80.3 cm³/mol. The average Bonchev–Trinajstić information content (AvgIpc) is 2.44. The van der Waals surface area contributed by atoms with Gasteiger partial charge in [-0.25, -0.2) is 4.79 Å². The molecular formula is C16H22O5. The number of carboxylic acid groups (broad SMARTS) is 1. The van der Waals surface area contributed by atoms with Gasteiger partial charge in [-0.15, -0.1) is 0 Å². The lowest BCUT2D eigenvalue weighted by Gasteiger charge is -2.14. The van der Waals surface area contributed by atoms with Crippen molar-refractivity contribution in [3.8, 4) is 5.75 Å². The molecule has 0 unspecified atom stereocenters. The summed E-state index contributed by atoms with van der Waals surface area (Å²) in [6.45, 7) is 2.05. The van der Waals surface area contributed by atoms with E-state index in [1.807, 2.05) is 0 Å². The number of phenols is 1. The van der Waals surface area contributed by atoms with E-state index in [0.29, 0.717) is 6.42 Å². The summed E-state index contributed by atoms with van der Waals surface area (Å²) in [5, 5.41) is 38.2. The van der Waals surface area contributed by atoms with Gasteiger partial charge in [0.05, 0.1) is 12.2 Å². The molecule has 0 aliphatic heterocycles. The largest absolute Gasteiger partial charge is 0.507 e. The first-order chi connectivity index (χ1) is 9.97. The first-order valence-corrected chi connectivity index (χ1v) is 7.07. The van der Waals surface area contributed by atoms with E-state index in [0.717, 1.165) is 19.3 Å². The summed E-state index contributed by atoms with van der Waals surface area (Å²) in [5.74, 6) is -1.58. The van der Waals surface area contributed by atoms with Crippen molar-refractivity contribution in [2.45, 2.75) is 44.8 Å². The molecule has 5 heteroatoms. The Hall–Kier alpha value is -1.85. The van der Waals surface area contributed by atoms with Gasteiger partial charge in [-0.05, 0) is 18.1 Å². The van der Waals surface area contributed by atoms with E-state index in [2.05, 4.69) is 6.92 Å². The number of carboxylic acids is 1. The Labute approximate surface area is 124 Å². The van der Waals surface area contributed by atoms with Crippen LogP contribution in [0.3, 0.4) is 0 Å². The zero-order valence-corrected chi connectivity index (χ0v) is 12.1. The molecule has 0 radical (unpaired) electrons. The Morgan fingerprint density at radius 2 is 2.00 bits per heavy atom. The van der Waals surface area contributed by atoms with E-state index in [1.54, 1.807) is 0 Å². The van der Waals surface area contributed by atoms with Gasteiger partial charge in [-0.1, -0.05) is 50.5 Å². The quantitative estimate of drug-likeness (QED) is 0.552. The summed E-state index contributed by atoms with van der Waals surface area (Å²) >= 11 is 0. The number of hydrogen-bond donors (Lipinski definition) is 4. The molecule has 0 saturated carbocycles. The second kappa shape index (κ2) is 8.44. The Morgan fingerprint density at radius 3 is 2.62 bits per heavy atom. The SMILES string of the molecule is CCCCC[C@H](O)[C@H](O)C=Cc1cccc(O)c1C(=O)O. The molecule has 116 valence electrons. The number of benzene rings is 1. The highest BCUT2D eigenvalue weighted by molar-refractivity contribution is 5.95. The number of rotatable bonds is 8. The van der Waals surface area contributed by atoms with Gasteiger partial charge >= 0.3 is 5.97 Å². The van der Waals surface area contributed by atoms with Crippen molar-refractivity contribution < 1.29 is 25.2 Å². The van der Waals surface area contributed by atoms with Crippen LogP contribution in [0.1, 0.15) is 48.5 Å². The Balaban J connectivity index is 2.76. The molecule has 0 fully saturated rings. The number of aromatic hydroxyl groups is 1. The minimum atomic E-state index is -1.24. The fourth-order valence-electron chi connectivity index (χ4n) is 2.03. The summed E-state index contributed by atoms with van der Waals surface area (Å²) in [5.41, 5.74) is 0.0590. The van der Waals surface area contributed by atoms with Crippen LogP contribution in [0.4, 0.5) is 0 Å². The lowest BCUT2D eigenvalue weighted by Crippen LogP contribution is -2.23. The molecule has 21 heavy (non-hydrogen) atoms. The van der Waals surface area contributed by atoms with E-state index >= 15 is 0 Å². The maximum Gasteiger partial charge on any atom is 0.340 e. The number of aromatic carboxylic acids is 1. The van der Waals surface area contributed by atoms with Gasteiger partial charge in [-0.3, -0.25) is 0 Å². The fraction of sp³-hybridized carbons (Fsp3) is 0.438. The van der Waals surface area contributed by atoms with Crippen LogP contribution in [0.15, 0.2) is 24.3 Å². The van der Waals surface area contributed by atoms with Crippen molar-refractivity contribution in [3.05, 3.63) is 35.4 Å². The average molecular weight is 294 g/mol. The van der Waals surface area contributed by atoms with Crippen molar-refractivity contribution in [1.82, 2.24) is 0 Å². The molecular weight excluding hydrogens is 272 g/mol. The summed E-state index contributed by atoms with van der Waals surface area (Å²) < 4.78 is 0. The molecule has 0 aliphatic rings. The monoisotopic (exact) mass is 294 g/mol. The molecule has 5 nitrogen and oxygen atoms in total. The van der Waals surface area contributed by atoms with E-state index in [-0.39, 0.29) is 16.9 Å². The molecule has 4 N–H and O–H groups in total. The van der Waals surface area contributed by atoms with Crippen molar-refractivity contribution in [2.24, 2.45) is 0 Å². The van der Waals surface area contributed by atoms with Crippen molar-refractivity contribution >= 4 is 12.0 Å². The summed E-state index contributed by atoms with van der Waals surface area (Å²) in [4.78, 5) is 11.1. The van der Waals surface area contributed by atoms with Crippen LogP contribution in [-0.4, -0.2) is 38.6 Å². The minimum absolute atomic E-state index is 0.221. The van der Waals surface area contributed by atoms with Crippen LogP contribution >= 0.6 is 0 Å². The molecule has 1 aromatic carbocycles. The molecule has 0 amide bonds. The molecule has 0 aromatic heterocycles. The fourth-order valence-corrected chi connectivity index (χ4v) is 2.03. The zero-order valence-electron chi connectivity index (χ0n) is 12.1. The normalized spacial score (nSPS) is 14.2. The highest BCUT2D eigenvalue weighted by Gasteiger charge is 2.15. The molecule has 1 rings (SSSR count). The lowest BCUT2D eigenvalue weighted by molar-refractivity contribution is 0.0420. The molecule has 0 saturated heterocycles. The van der Waals surface area contributed by atoms with E-state index in [4.69, 9.17) is 5.11 Å². The predicted octanol–water partition coefficient (Wildman–Crippen LogP) is 2.41. The summed E-state index contributed by atoms with van der Waals surface area (Å²) in [7, 11) is 0. The van der Waals surface area contributed by atoms with Crippen LogP contribution in [-0.2, 0) is 0 Å². The van der Waals surface area contributed by atoms with Crippen LogP contribution in [0.5, 0.6) is 5.75 Å². The molecule has 2 atom stereocenters. The third-order valence-electron chi connectivity index (χ3n) is 3.26. The van der Waals surface area contributed by atoms with Crippen molar-refractivity contribution in [1.29, 1.82) is 0 Å². The second-order valence-corrected chi connectivity index (χ2v) is 4.96. The number of aliphatic hydroxyl groups excluding tert-OH is 2. The molecule has 0 heterocycles. The highest BCUT2D eigenvalue weighted by atomic mass is 16.4. The van der Waals surface area contributed by atoms with Crippen molar-refractivity contribution in [2.75, 3.05) is 0 Å². The molecule has 0 bridgehead atoms. The summed E-state index contributed by atoms with van der Waals surface area (Å²) in [6, 6.07) is 4.33. The smallest absolute Gasteiger partial charge is 0.340 e. The van der Waals surface area contributed by atoms with Crippen molar-refractivity contribution in [3.63, 3.8) is 0 Å². The van der Waals surface area contributed by atoms with E-state index < -0.39 is 18.2 Å². The van der Waals surface area contributed by atoms with Crippen LogP contribution in [0, 0.1) is 0 Å². The first kappa shape index (κ1) is 17.2. The Bertz CT molecular complexity index is 495. The van der Waals surface area contributed by atoms with Crippen LogP contribution in [0.25, 0.3) is 6.08 Å². The highest BCUT2D eigenvalue weighted by Crippen LogP contribution is 2.22. The number of carbonyl (C=O) groups is 1. The maximum absolute atomic E-state index is 11.1. The van der Waals surface area contributed by atoms with E-state index in [1.165, 1.54) is 30.4 Å². The first-order valence-electron chi connectivity index (χ1n) is 7.07. The third-order valence-corrected chi connectivity index (χ3v) is 3.26. The van der Waals surface area contributed by atoms with Gasteiger partial charge in [0.25, 0.3) is 0 Å². The minimum Gasteiger partial charge on any atom is -0.507 e. The van der Waals surface area contributed by atoms with E-state index in [9.17, 15) is 20.1 Å². The maximum atomic E-state index is 11.1. The molecule has 0 spiro atoms. The van der Waals surface area contributed by atoms with Gasteiger partial charge in [0.15, 0.2) is 0 Å². The van der Waals surface area contributed by atoms with Gasteiger partial charge in [0.2, 0.25) is 0 Å². The van der Waals surface area contributed by atoms with Gasteiger partial charge in [0, 0.05) is 0 Å². The standard InChI is InChI=1S/C16H22O5/c1-2-3-4-7-12(17)13(18)10-9-11-6-5-8-14(19)15(11)16(20)21/h5-6,8-10,12-13,17-19H,2-4,7H2,1H3,(H,20,21)/t12-,13+/m0/s1. The lowest BCUT2D eigenvalue weighted by atomic mass is 10.0. The molecule has 1 aromatic rings. The third kappa shape index (κ3) is 5.21. The molecule has 0 aliphatic carbocycles. The topological polar surface area (TPSA) is 98.0 Å². The number of hydrogen-bond acceptors (Lipinski definition) is 4.